The first-order chi connectivity index (χ1) is 7.90. The molecule has 0 aliphatic rings. The normalized spacial score (nSPS) is 10.1. The predicted molar refractivity (Wildman–Crippen MR) is 69.8 cm³/mol. The fourth-order valence-corrected chi connectivity index (χ4v) is 1.49. The van der Waals surface area contributed by atoms with Crippen LogP contribution >= 0.6 is 12.6 Å². The van der Waals surface area contributed by atoms with Gasteiger partial charge in [0, 0.05) is 17.9 Å². The molecule has 2 aromatic rings. The maximum absolute atomic E-state index is 4.16. The Morgan fingerprint density at radius 1 is 1.00 bits per heavy atom. The maximum atomic E-state index is 4.16. The van der Waals surface area contributed by atoms with Crippen LogP contribution in [-0.2, 0) is 0 Å². The van der Waals surface area contributed by atoms with Crippen LogP contribution < -0.4 is 5.32 Å². The zero-order valence-corrected chi connectivity index (χ0v) is 9.69. The van der Waals surface area contributed by atoms with Gasteiger partial charge in [-0.25, -0.2) is 0 Å². The fraction of sp³-hybridized carbons (Fsp3) is 0.167. The molecule has 0 saturated carbocycles. The second-order valence-corrected chi connectivity index (χ2v) is 3.77. The van der Waals surface area contributed by atoms with E-state index in [1.807, 2.05) is 42.5 Å². The van der Waals surface area contributed by atoms with Gasteiger partial charge in [0.1, 0.15) is 5.82 Å². The van der Waals surface area contributed by atoms with E-state index in [9.17, 15) is 0 Å². The van der Waals surface area contributed by atoms with Gasteiger partial charge in [-0.05, 0) is 12.1 Å². The lowest BCUT2D eigenvalue weighted by Gasteiger charge is -2.03. The van der Waals surface area contributed by atoms with E-state index in [2.05, 4.69) is 28.1 Å². The smallest absolute Gasteiger partial charge is 0.148 e. The predicted octanol–water partition coefficient (Wildman–Crippen LogP) is 2.49. The number of thiol groups is 1. The van der Waals surface area contributed by atoms with Gasteiger partial charge in [-0.2, -0.15) is 12.6 Å². The number of hydrogen-bond acceptors (Lipinski definition) is 4. The number of anilines is 1. The molecular weight excluding hydrogens is 218 g/mol. The van der Waals surface area contributed by atoms with Crippen molar-refractivity contribution in [2.75, 3.05) is 17.6 Å². The summed E-state index contributed by atoms with van der Waals surface area (Å²) in [6, 6.07) is 13.9. The molecule has 1 heterocycles. The molecule has 0 saturated heterocycles. The number of hydrogen-bond donors (Lipinski definition) is 2. The van der Waals surface area contributed by atoms with E-state index in [-0.39, 0.29) is 0 Å². The second kappa shape index (κ2) is 5.51. The summed E-state index contributed by atoms with van der Waals surface area (Å²) in [5, 5.41) is 11.4. The molecule has 1 aromatic heterocycles. The Morgan fingerprint density at radius 2 is 1.81 bits per heavy atom. The zero-order chi connectivity index (χ0) is 11.2. The molecule has 16 heavy (non-hydrogen) atoms. The summed E-state index contributed by atoms with van der Waals surface area (Å²) in [7, 11) is 0. The van der Waals surface area contributed by atoms with Crippen LogP contribution in [0, 0.1) is 0 Å². The van der Waals surface area contributed by atoms with Crippen molar-refractivity contribution in [3.05, 3.63) is 42.5 Å². The fourth-order valence-electron chi connectivity index (χ4n) is 1.37. The number of aromatic nitrogens is 2. The molecule has 0 amide bonds. The molecule has 0 radical (unpaired) electrons. The van der Waals surface area contributed by atoms with Crippen LogP contribution in [0.1, 0.15) is 0 Å². The molecule has 82 valence electrons. The quantitative estimate of drug-likeness (QED) is 0.794. The van der Waals surface area contributed by atoms with Crippen molar-refractivity contribution in [1.29, 1.82) is 0 Å². The van der Waals surface area contributed by atoms with E-state index < -0.39 is 0 Å². The highest BCUT2D eigenvalue weighted by molar-refractivity contribution is 7.80. The van der Waals surface area contributed by atoms with Crippen molar-refractivity contribution < 1.29 is 0 Å². The summed E-state index contributed by atoms with van der Waals surface area (Å²) in [4.78, 5) is 0. The first-order valence-electron chi connectivity index (χ1n) is 5.14. The van der Waals surface area contributed by atoms with E-state index in [1.54, 1.807) is 0 Å². The van der Waals surface area contributed by atoms with Crippen molar-refractivity contribution in [3.63, 3.8) is 0 Å². The van der Waals surface area contributed by atoms with Crippen LogP contribution in [0.2, 0.25) is 0 Å². The van der Waals surface area contributed by atoms with Gasteiger partial charge in [0.15, 0.2) is 0 Å². The minimum absolute atomic E-state index is 0.780. The first kappa shape index (κ1) is 11.0. The maximum Gasteiger partial charge on any atom is 0.148 e. The van der Waals surface area contributed by atoms with Gasteiger partial charge in [0.05, 0.1) is 5.69 Å². The van der Waals surface area contributed by atoms with Crippen molar-refractivity contribution in [3.8, 4) is 11.3 Å². The molecule has 0 bridgehead atoms. The molecule has 0 atom stereocenters. The lowest BCUT2D eigenvalue weighted by atomic mass is 10.1. The summed E-state index contributed by atoms with van der Waals surface area (Å²) >= 11 is 4.12. The lowest BCUT2D eigenvalue weighted by Crippen LogP contribution is -2.05. The molecule has 0 spiro atoms. The molecule has 0 unspecified atom stereocenters. The third-order valence-corrected chi connectivity index (χ3v) is 2.38. The molecule has 0 aliphatic heterocycles. The molecule has 1 aromatic carbocycles. The van der Waals surface area contributed by atoms with Gasteiger partial charge >= 0.3 is 0 Å². The van der Waals surface area contributed by atoms with Gasteiger partial charge in [0.2, 0.25) is 0 Å². The van der Waals surface area contributed by atoms with E-state index in [1.165, 1.54) is 0 Å². The minimum Gasteiger partial charge on any atom is -0.368 e. The van der Waals surface area contributed by atoms with Gasteiger partial charge < -0.3 is 5.32 Å². The summed E-state index contributed by atoms with van der Waals surface area (Å²) in [6.45, 7) is 0.794. The molecule has 1 N–H and O–H groups in total. The minimum atomic E-state index is 0.780. The third kappa shape index (κ3) is 2.73. The topological polar surface area (TPSA) is 37.8 Å². The van der Waals surface area contributed by atoms with Crippen LogP contribution in [0.15, 0.2) is 42.5 Å². The molecule has 4 heteroatoms. The Kier molecular flexibility index (Phi) is 3.77. The highest BCUT2D eigenvalue weighted by Gasteiger charge is 1.99. The van der Waals surface area contributed by atoms with Gasteiger partial charge in [0.25, 0.3) is 0 Å². The van der Waals surface area contributed by atoms with Crippen LogP contribution in [0.3, 0.4) is 0 Å². The Hall–Kier alpha value is -1.55. The van der Waals surface area contributed by atoms with Gasteiger partial charge in [-0.1, -0.05) is 30.3 Å². The van der Waals surface area contributed by atoms with Crippen molar-refractivity contribution in [1.82, 2.24) is 10.2 Å². The highest BCUT2D eigenvalue weighted by Crippen LogP contribution is 2.15. The molecule has 2 rings (SSSR count). The van der Waals surface area contributed by atoms with E-state index in [4.69, 9.17) is 0 Å². The van der Waals surface area contributed by atoms with Gasteiger partial charge in [-0.3, -0.25) is 0 Å². The van der Waals surface area contributed by atoms with E-state index in [0.29, 0.717) is 0 Å². The highest BCUT2D eigenvalue weighted by atomic mass is 32.1. The van der Waals surface area contributed by atoms with Crippen LogP contribution in [0.4, 0.5) is 5.82 Å². The first-order valence-corrected chi connectivity index (χ1v) is 5.77. The van der Waals surface area contributed by atoms with Crippen molar-refractivity contribution in [2.24, 2.45) is 0 Å². The second-order valence-electron chi connectivity index (χ2n) is 3.32. The average Bonchev–Trinajstić information content (AvgIpc) is 2.38. The van der Waals surface area contributed by atoms with Crippen LogP contribution in [-0.4, -0.2) is 22.5 Å². The Balaban J connectivity index is 2.13. The van der Waals surface area contributed by atoms with Gasteiger partial charge in [-0.15, -0.1) is 10.2 Å². The SMILES string of the molecule is SCCNc1ccc(-c2ccccc2)nn1. The monoisotopic (exact) mass is 231 g/mol. The van der Waals surface area contributed by atoms with Crippen molar-refractivity contribution in [2.45, 2.75) is 0 Å². The third-order valence-electron chi connectivity index (χ3n) is 2.15. The summed E-state index contributed by atoms with van der Waals surface area (Å²) < 4.78 is 0. The van der Waals surface area contributed by atoms with Crippen LogP contribution in [0.5, 0.6) is 0 Å². The number of nitrogens with one attached hydrogen (secondary N) is 1. The molecule has 0 fully saturated rings. The van der Waals surface area contributed by atoms with E-state index in [0.717, 1.165) is 29.4 Å². The Bertz CT molecular complexity index is 428. The van der Waals surface area contributed by atoms with E-state index >= 15 is 0 Å². The Morgan fingerprint density at radius 3 is 2.44 bits per heavy atom. The summed E-state index contributed by atoms with van der Waals surface area (Å²) in [5.41, 5.74) is 1.97. The summed E-state index contributed by atoms with van der Waals surface area (Å²) in [5.74, 6) is 1.57. The standard InChI is InChI=1S/C12H13N3S/c16-9-8-13-12-7-6-11(14-15-12)10-4-2-1-3-5-10/h1-7,16H,8-9H2,(H,13,15). The van der Waals surface area contributed by atoms with Crippen molar-refractivity contribution >= 4 is 18.4 Å². The lowest BCUT2D eigenvalue weighted by molar-refractivity contribution is 1.02. The Labute approximate surface area is 100 Å². The largest absolute Gasteiger partial charge is 0.368 e. The molecule has 3 nitrogen and oxygen atoms in total. The molecular formula is C12H13N3S. The van der Waals surface area contributed by atoms with Crippen LogP contribution in [0.25, 0.3) is 11.3 Å². The number of rotatable bonds is 4. The zero-order valence-electron chi connectivity index (χ0n) is 8.80. The number of nitrogens with zero attached hydrogens (tertiary/aromatic N) is 2. The average molecular weight is 231 g/mol. The summed E-state index contributed by atoms with van der Waals surface area (Å²) in [6.07, 6.45) is 0. The number of benzene rings is 1. The molecule has 0 aliphatic carbocycles.